The van der Waals surface area contributed by atoms with Crippen LogP contribution in [-0.2, 0) is 4.79 Å². The van der Waals surface area contributed by atoms with Gasteiger partial charge in [-0.3, -0.25) is 4.79 Å². The monoisotopic (exact) mass is 236 g/mol. The van der Waals surface area contributed by atoms with E-state index in [1.807, 2.05) is 0 Å². The molecule has 94 valence electrons. The molecule has 0 aromatic carbocycles. The molecule has 2 saturated heterocycles. The highest BCUT2D eigenvalue weighted by Gasteiger charge is 2.26. The molecule has 0 spiro atoms. The highest BCUT2D eigenvalue weighted by molar-refractivity contribution is 5.77. The van der Waals surface area contributed by atoms with Crippen LogP contribution in [0.1, 0.15) is 12.8 Å². The number of likely N-dealkylation sites (tertiary alicyclic amines) is 1. The predicted molar refractivity (Wildman–Crippen MR) is 64.2 cm³/mol. The van der Waals surface area contributed by atoms with E-state index >= 15 is 0 Å². The molecule has 2 aliphatic heterocycles. The number of rotatable bonds is 3. The number of piperidine rings is 1. The fraction of sp³-hybridized carbons (Fsp3) is 0.833. The smallest absolute Gasteiger partial charge is 0.223 e. The number of piperazine rings is 1. The first-order chi connectivity index (χ1) is 8.29. The lowest BCUT2D eigenvalue weighted by Crippen LogP contribution is -2.49. The van der Waals surface area contributed by atoms with Gasteiger partial charge in [-0.1, -0.05) is 0 Å². The molecule has 2 rings (SSSR count). The van der Waals surface area contributed by atoms with Gasteiger partial charge >= 0.3 is 0 Å². The highest BCUT2D eigenvalue weighted by atomic mass is 16.2. The second-order valence-corrected chi connectivity index (χ2v) is 4.89. The largest absolute Gasteiger partial charge is 0.329 e. The minimum Gasteiger partial charge on any atom is -0.329 e. The molecule has 2 heterocycles. The van der Waals surface area contributed by atoms with E-state index < -0.39 is 0 Å². The Morgan fingerprint density at radius 3 is 2.88 bits per heavy atom. The minimum absolute atomic E-state index is 0.142. The third kappa shape index (κ3) is 3.42. The highest BCUT2D eigenvalue weighted by Crippen LogP contribution is 2.18. The first-order valence-electron chi connectivity index (χ1n) is 6.37. The van der Waals surface area contributed by atoms with E-state index in [1.54, 1.807) is 4.90 Å². The molecule has 0 bridgehead atoms. The fourth-order valence-corrected chi connectivity index (χ4v) is 2.64. The van der Waals surface area contributed by atoms with Crippen molar-refractivity contribution in [3.05, 3.63) is 0 Å². The number of nitrogens with one attached hydrogen (secondary N) is 1. The summed E-state index contributed by atoms with van der Waals surface area (Å²) in [6.45, 7) is 6.40. The Labute approximate surface area is 102 Å². The van der Waals surface area contributed by atoms with Crippen molar-refractivity contribution in [2.45, 2.75) is 12.8 Å². The van der Waals surface area contributed by atoms with Crippen molar-refractivity contribution < 1.29 is 4.79 Å². The second-order valence-electron chi connectivity index (χ2n) is 4.89. The lowest BCUT2D eigenvalue weighted by Gasteiger charge is -2.35. The third-order valence-corrected chi connectivity index (χ3v) is 3.59. The molecule has 17 heavy (non-hydrogen) atoms. The van der Waals surface area contributed by atoms with Gasteiger partial charge in [-0.2, -0.15) is 5.26 Å². The van der Waals surface area contributed by atoms with Crippen LogP contribution in [0.15, 0.2) is 0 Å². The number of hydrogen-bond acceptors (Lipinski definition) is 4. The zero-order valence-electron chi connectivity index (χ0n) is 10.2. The molecule has 0 radical (unpaired) electrons. The lowest BCUT2D eigenvalue weighted by molar-refractivity contribution is -0.134. The number of carbonyl (C=O) groups is 1. The molecule has 1 atom stereocenters. The predicted octanol–water partition coefficient (Wildman–Crippen LogP) is -0.346. The lowest BCUT2D eigenvalue weighted by atomic mass is 9.96. The number of amides is 1. The van der Waals surface area contributed by atoms with Crippen LogP contribution in [0, 0.1) is 17.2 Å². The molecule has 0 saturated carbocycles. The van der Waals surface area contributed by atoms with Crippen LogP contribution in [0.25, 0.3) is 0 Å². The molecule has 0 aromatic rings. The van der Waals surface area contributed by atoms with E-state index in [0.717, 1.165) is 45.7 Å². The molecular weight excluding hydrogens is 216 g/mol. The van der Waals surface area contributed by atoms with Crippen LogP contribution in [0.3, 0.4) is 0 Å². The van der Waals surface area contributed by atoms with Gasteiger partial charge < -0.3 is 15.1 Å². The van der Waals surface area contributed by atoms with Crippen molar-refractivity contribution in [1.29, 1.82) is 5.26 Å². The quantitative estimate of drug-likeness (QED) is 0.681. The summed E-state index contributed by atoms with van der Waals surface area (Å²) in [6, 6.07) is 2.07. The van der Waals surface area contributed by atoms with E-state index in [0.29, 0.717) is 12.3 Å². The van der Waals surface area contributed by atoms with Gasteiger partial charge in [0.1, 0.15) is 6.54 Å². The molecule has 1 N–H and O–H groups in total. The number of carbonyl (C=O) groups excluding carboxylic acids is 1. The molecule has 1 unspecified atom stereocenters. The SMILES string of the molecule is N#CCN1CC(CN2CCNCC2)CCC1=O. The standard InChI is InChI=1S/C12H20N4O/c13-3-6-16-10-11(1-2-12(16)17)9-15-7-4-14-5-8-15/h11,14H,1-2,4-10H2. The normalized spacial score (nSPS) is 26.9. The van der Waals surface area contributed by atoms with Crippen LogP contribution in [0.4, 0.5) is 0 Å². The Morgan fingerprint density at radius 2 is 2.18 bits per heavy atom. The summed E-state index contributed by atoms with van der Waals surface area (Å²) >= 11 is 0. The maximum Gasteiger partial charge on any atom is 0.223 e. The van der Waals surface area contributed by atoms with Gasteiger partial charge in [-0.15, -0.1) is 0 Å². The molecule has 2 fully saturated rings. The first kappa shape index (κ1) is 12.3. The van der Waals surface area contributed by atoms with E-state index in [-0.39, 0.29) is 12.5 Å². The van der Waals surface area contributed by atoms with Crippen LogP contribution in [-0.4, -0.2) is 61.5 Å². The van der Waals surface area contributed by atoms with Crippen LogP contribution >= 0.6 is 0 Å². The zero-order valence-corrected chi connectivity index (χ0v) is 10.2. The first-order valence-corrected chi connectivity index (χ1v) is 6.37. The third-order valence-electron chi connectivity index (χ3n) is 3.59. The van der Waals surface area contributed by atoms with Crippen LogP contribution < -0.4 is 5.32 Å². The van der Waals surface area contributed by atoms with E-state index in [9.17, 15) is 4.79 Å². The summed E-state index contributed by atoms with van der Waals surface area (Å²) in [6.07, 6.45) is 1.59. The van der Waals surface area contributed by atoms with Crippen molar-refractivity contribution in [2.24, 2.45) is 5.92 Å². The molecule has 2 aliphatic rings. The van der Waals surface area contributed by atoms with Gasteiger partial charge in [0.25, 0.3) is 0 Å². The topological polar surface area (TPSA) is 59.4 Å². The number of nitriles is 1. The van der Waals surface area contributed by atoms with Gasteiger partial charge in [0.2, 0.25) is 5.91 Å². The maximum absolute atomic E-state index is 11.6. The summed E-state index contributed by atoms with van der Waals surface area (Å²) in [7, 11) is 0. The van der Waals surface area contributed by atoms with Crippen molar-refractivity contribution in [3.63, 3.8) is 0 Å². The van der Waals surface area contributed by atoms with Crippen molar-refractivity contribution in [2.75, 3.05) is 45.8 Å². The Balaban J connectivity index is 1.81. The van der Waals surface area contributed by atoms with Gasteiger partial charge in [0, 0.05) is 45.7 Å². The summed E-state index contributed by atoms with van der Waals surface area (Å²) in [5.41, 5.74) is 0. The number of hydrogen-bond donors (Lipinski definition) is 1. The Kier molecular flexibility index (Phi) is 4.35. The summed E-state index contributed by atoms with van der Waals surface area (Å²) in [4.78, 5) is 15.7. The van der Waals surface area contributed by atoms with E-state index in [4.69, 9.17) is 5.26 Å². The summed E-state index contributed by atoms with van der Waals surface area (Å²) < 4.78 is 0. The number of nitrogens with zero attached hydrogens (tertiary/aromatic N) is 3. The molecule has 1 amide bonds. The average molecular weight is 236 g/mol. The van der Waals surface area contributed by atoms with Gasteiger partial charge in [-0.05, 0) is 12.3 Å². The fourth-order valence-electron chi connectivity index (χ4n) is 2.64. The maximum atomic E-state index is 11.6. The van der Waals surface area contributed by atoms with Crippen molar-refractivity contribution in [1.82, 2.24) is 15.1 Å². The van der Waals surface area contributed by atoms with Crippen molar-refractivity contribution in [3.8, 4) is 6.07 Å². The molecule has 5 nitrogen and oxygen atoms in total. The average Bonchev–Trinajstić information content (AvgIpc) is 2.35. The zero-order chi connectivity index (χ0) is 12.1. The van der Waals surface area contributed by atoms with E-state index in [2.05, 4.69) is 16.3 Å². The van der Waals surface area contributed by atoms with E-state index in [1.165, 1.54) is 0 Å². The van der Waals surface area contributed by atoms with Gasteiger partial charge in [-0.25, -0.2) is 0 Å². The Bertz CT molecular complexity index is 306. The van der Waals surface area contributed by atoms with Crippen molar-refractivity contribution >= 4 is 5.91 Å². The van der Waals surface area contributed by atoms with Gasteiger partial charge in [0.15, 0.2) is 0 Å². The van der Waals surface area contributed by atoms with Gasteiger partial charge in [0.05, 0.1) is 6.07 Å². The molecule has 0 aliphatic carbocycles. The Morgan fingerprint density at radius 1 is 1.41 bits per heavy atom. The molecule has 5 heteroatoms. The van der Waals surface area contributed by atoms with Crippen LogP contribution in [0.2, 0.25) is 0 Å². The summed E-state index contributed by atoms with van der Waals surface area (Å²) in [5.74, 6) is 0.683. The second kappa shape index (κ2) is 5.99. The van der Waals surface area contributed by atoms with Crippen LogP contribution in [0.5, 0.6) is 0 Å². The minimum atomic E-state index is 0.142. The molecular formula is C12H20N4O. The Hall–Kier alpha value is -1.12. The summed E-state index contributed by atoms with van der Waals surface area (Å²) in [5, 5.41) is 12.0. The molecule has 0 aromatic heterocycles.